The Morgan fingerprint density at radius 3 is 1.88 bits per heavy atom. The summed E-state index contributed by atoms with van der Waals surface area (Å²) in [6.07, 6.45) is 4.06. The average molecular weight is 593 g/mol. The molecule has 0 N–H and O–H groups in total. The van der Waals surface area contributed by atoms with Crippen molar-refractivity contribution in [2.75, 3.05) is 0 Å². The van der Waals surface area contributed by atoms with Crippen LogP contribution in [-0.4, -0.2) is 19.1 Å². The first-order valence-corrected chi connectivity index (χ1v) is 14.8. The fourth-order valence-electron chi connectivity index (χ4n) is 5.17. The molecule has 0 saturated heterocycles. The molecule has 0 unspecified atom stereocenters. The summed E-state index contributed by atoms with van der Waals surface area (Å²) in [5.41, 5.74) is 5.57. The molecule has 6 nitrogen and oxygen atoms in total. The quantitative estimate of drug-likeness (QED) is 0.196. The molecule has 0 amide bonds. The van der Waals surface area contributed by atoms with Crippen molar-refractivity contribution in [3.63, 3.8) is 0 Å². The van der Waals surface area contributed by atoms with Crippen LogP contribution in [0.4, 0.5) is 4.39 Å². The molecular formula is C35H30ClFN4O2. The molecule has 1 saturated carbocycles. The third-order valence-electron chi connectivity index (χ3n) is 7.53. The van der Waals surface area contributed by atoms with Gasteiger partial charge in [-0.2, -0.15) is 0 Å². The molecule has 0 bridgehead atoms. The molecule has 0 aliphatic heterocycles. The lowest BCUT2D eigenvalue weighted by molar-refractivity contribution is 0.628. The van der Waals surface area contributed by atoms with Gasteiger partial charge < -0.3 is 9.13 Å². The van der Waals surface area contributed by atoms with Gasteiger partial charge in [0, 0.05) is 28.7 Å². The normalized spacial score (nSPS) is 12.7. The lowest BCUT2D eigenvalue weighted by Gasteiger charge is -2.12. The minimum atomic E-state index is -0.318. The van der Waals surface area contributed by atoms with E-state index in [1.807, 2.05) is 69.8 Å². The Labute approximate surface area is 253 Å². The van der Waals surface area contributed by atoms with Crippen LogP contribution in [0.5, 0.6) is 0 Å². The van der Waals surface area contributed by atoms with Crippen molar-refractivity contribution in [2.24, 2.45) is 0 Å². The first kappa shape index (κ1) is 28.5. The van der Waals surface area contributed by atoms with Gasteiger partial charge in [-0.25, -0.2) is 14.4 Å². The summed E-state index contributed by atoms with van der Waals surface area (Å²) in [6.45, 7) is 2.83. The highest BCUT2D eigenvalue weighted by Gasteiger charge is 2.28. The van der Waals surface area contributed by atoms with E-state index >= 15 is 0 Å². The SMILES string of the molecule is CCCCn1c(=O)c(-c2ccc(Cl)cc2)nc2ccccc21.O=c1c(-c2ccc(F)cc2)nc2ccccc2n1C1CC1. The van der Waals surface area contributed by atoms with E-state index in [1.54, 1.807) is 24.3 Å². The second-order valence-electron chi connectivity index (χ2n) is 10.6. The maximum Gasteiger partial charge on any atom is 0.277 e. The van der Waals surface area contributed by atoms with Gasteiger partial charge >= 0.3 is 0 Å². The number of halogens is 2. The van der Waals surface area contributed by atoms with E-state index in [2.05, 4.69) is 16.9 Å². The second-order valence-corrected chi connectivity index (χ2v) is 11.1. The molecule has 1 aliphatic carbocycles. The molecule has 1 aliphatic rings. The first-order valence-electron chi connectivity index (χ1n) is 14.5. The summed E-state index contributed by atoms with van der Waals surface area (Å²) in [5, 5.41) is 0.649. The van der Waals surface area contributed by atoms with Crippen molar-refractivity contribution in [1.82, 2.24) is 19.1 Å². The monoisotopic (exact) mass is 592 g/mol. The van der Waals surface area contributed by atoms with Crippen LogP contribution in [0.25, 0.3) is 44.6 Å². The van der Waals surface area contributed by atoms with Gasteiger partial charge in [0.2, 0.25) is 0 Å². The first-order chi connectivity index (χ1) is 20.9. The Morgan fingerprint density at radius 1 is 0.744 bits per heavy atom. The van der Waals surface area contributed by atoms with Crippen LogP contribution in [0.15, 0.2) is 107 Å². The molecule has 216 valence electrons. The highest BCUT2D eigenvalue weighted by Crippen LogP contribution is 2.36. The average Bonchev–Trinajstić information content (AvgIpc) is 3.87. The molecule has 7 rings (SSSR count). The summed E-state index contributed by atoms with van der Waals surface area (Å²) in [4.78, 5) is 34.7. The number of hydrogen-bond acceptors (Lipinski definition) is 4. The van der Waals surface area contributed by atoms with Crippen LogP contribution in [0.3, 0.4) is 0 Å². The van der Waals surface area contributed by atoms with Crippen LogP contribution in [0.1, 0.15) is 38.6 Å². The zero-order valence-electron chi connectivity index (χ0n) is 23.7. The minimum Gasteiger partial charge on any atom is -0.305 e. The zero-order valence-corrected chi connectivity index (χ0v) is 24.5. The van der Waals surface area contributed by atoms with Gasteiger partial charge in [0.05, 0.1) is 22.1 Å². The largest absolute Gasteiger partial charge is 0.305 e. The van der Waals surface area contributed by atoms with Gasteiger partial charge in [-0.3, -0.25) is 9.59 Å². The van der Waals surface area contributed by atoms with Crippen molar-refractivity contribution in [3.05, 3.63) is 129 Å². The maximum absolute atomic E-state index is 13.1. The standard InChI is InChI=1S/C18H17ClN2O.C17H13FN2O/c1-2-3-12-21-16-7-5-4-6-15(16)20-17(18(21)22)13-8-10-14(19)11-9-13;18-12-7-5-11(6-8-12)16-17(21)20(13-9-10-13)15-4-2-1-3-14(15)19-16/h4-11H,2-3,12H2,1H3;1-8,13H,9-10H2. The van der Waals surface area contributed by atoms with Crippen molar-refractivity contribution in [1.29, 1.82) is 0 Å². The number of aryl methyl sites for hydroxylation is 1. The Morgan fingerprint density at radius 2 is 1.28 bits per heavy atom. The molecular weight excluding hydrogens is 563 g/mol. The highest BCUT2D eigenvalue weighted by atomic mass is 35.5. The Hall–Kier alpha value is -4.62. The predicted molar refractivity (Wildman–Crippen MR) is 171 cm³/mol. The van der Waals surface area contributed by atoms with Crippen molar-refractivity contribution in [2.45, 2.75) is 45.2 Å². The van der Waals surface area contributed by atoms with Gasteiger partial charge in [0.25, 0.3) is 11.1 Å². The lowest BCUT2D eigenvalue weighted by Crippen LogP contribution is -2.23. The topological polar surface area (TPSA) is 69.8 Å². The molecule has 43 heavy (non-hydrogen) atoms. The highest BCUT2D eigenvalue weighted by molar-refractivity contribution is 6.30. The number of benzene rings is 4. The van der Waals surface area contributed by atoms with E-state index in [1.165, 1.54) is 12.1 Å². The van der Waals surface area contributed by atoms with E-state index < -0.39 is 0 Å². The van der Waals surface area contributed by atoms with Crippen LogP contribution >= 0.6 is 11.6 Å². The fraction of sp³-hybridized carbons (Fsp3) is 0.200. The molecule has 0 radical (unpaired) electrons. The Kier molecular flexibility index (Phi) is 8.16. The third-order valence-corrected chi connectivity index (χ3v) is 7.78. The van der Waals surface area contributed by atoms with Crippen molar-refractivity contribution in [3.8, 4) is 22.5 Å². The number of aromatic nitrogens is 4. The van der Waals surface area contributed by atoms with E-state index in [4.69, 9.17) is 11.6 Å². The van der Waals surface area contributed by atoms with Gasteiger partial charge in [-0.05, 0) is 79.9 Å². The van der Waals surface area contributed by atoms with Crippen LogP contribution in [0.2, 0.25) is 5.02 Å². The molecule has 2 heterocycles. The molecule has 0 atom stereocenters. The number of rotatable bonds is 6. The summed E-state index contributed by atoms with van der Waals surface area (Å²) >= 11 is 5.93. The number of para-hydroxylation sites is 4. The summed E-state index contributed by atoms with van der Waals surface area (Å²) in [5.74, 6) is -0.318. The smallest absolute Gasteiger partial charge is 0.277 e. The molecule has 1 fully saturated rings. The predicted octanol–water partition coefficient (Wildman–Crippen LogP) is 8.05. The number of nitrogens with zero attached hydrogens (tertiary/aromatic N) is 4. The number of fused-ring (bicyclic) bond motifs is 2. The Bertz CT molecular complexity index is 2030. The van der Waals surface area contributed by atoms with E-state index in [-0.39, 0.29) is 23.0 Å². The van der Waals surface area contributed by atoms with Gasteiger partial charge in [0.15, 0.2) is 0 Å². The summed E-state index contributed by atoms with van der Waals surface area (Å²) < 4.78 is 16.7. The molecule has 4 aromatic carbocycles. The maximum atomic E-state index is 13.1. The number of unbranched alkanes of at least 4 members (excludes halogenated alkanes) is 1. The van der Waals surface area contributed by atoms with Crippen molar-refractivity contribution >= 4 is 33.7 Å². The van der Waals surface area contributed by atoms with E-state index in [9.17, 15) is 14.0 Å². The summed E-state index contributed by atoms with van der Waals surface area (Å²) in [6, 6.07) is 28.8. The minimum absolute atomic E-state index is 0.0468. The Balaban J connectivity index is 0.000000153. The zero-order chi connectivity index (χ0) is 29.9. The second kappa shape index (κ2) is 12.3. The molecule has 0 spiro atoms. The van der Waals surface area contributed by atoms with Crippen molar-refractivity contribution < 1.29 is 4.39 Å². The van der Waals surface area contributed by atoms with Gasteiger partial charge in [-0.15, -0.1) is 0 Å². The lowest BCUT2D eigenvalue weighted by atomic mass is 10.1. The van der Waals surface area contributed by atoms with Crippen LogP contribution in [-0.2, 0) is 6.54 Å². The number of hydrogen-bond donors (Lipinski definition) is 0. The third kappa shape index (κ3) is 5.99. The molecule has 6 aromatic rings. The fourth-order valence-corrected chi connectivity index (χ4v) is 5.30. The van der Waals surface area contributed by atoms with E-state index in [0.717, 1.165) is 53.3 Å². The van der Waals surface area contributed by atoms with Crippen LogP contribution in [0, 0.1) is 5.82 Å². The van der Waals surface area contributed by atoms with Gasteiger partial charge in [-0.1, -0.05) is 61.3 Å². The molecule has 2 aromatic heterocycles. The summed E-state index contributed by atoms with van der Waals surface area (Å²) in [7, 11) is 0. The molecule has 8 heteroatoms. The van der Waals surface area contributed by atoms with Crippen LogP contribution < -0.4 is 11.1 Å². The van der Waals surface area contributed by atoms with Gasteiger partial charge in [0.1, 0.15) is 17.2 Å². The van der Waals surface area contributed by atoms with E-state index in [0.29, 0.717) is 28.5 Å².